The van der Waals surface area contributed by atoms with E-state index in [2.05, 4.69) is 15.0 Å². The Morgan fingerprint density at radius 1 is 1.50 bits per heavy atom. The van der Waals surface area contributed by atoms with Gasteiger partial charge in [-0.3, -0.25) is 0 Å². The molecule has 5 heteroatoms. The van der Waals surface area contributed by atoms with Crippen molar-refractivity contribution in [2.75, 3.05) is 0 Å². The van der Waals surface area contributed by atoms with E-state index in [4.69, 9.17) is 12.2 Å². The van der Waals surface area contributed by atoms with Crippen molar-refractivity contribution in [1.82, 2.24) is 15.0 Å². The Labute approximate surface area is 63.6 Å². The molecule has 0 spiro atoms. The van der Waals surface area contributed by atoms with E-state index in [0.29, 0.717) is 12.8 Å². The summed E-state index contributed by atoms with van der Waals surface area (Å²) in [6, 6.07) is 0. The zero-order valence-corrected chi connectivity index (χ0v) is 6.77. The summed E-state index contributed by atoms with van der Waals surface area (Å²) < 4.78 is 0.593. The van der Waals surface area contributed by atoms with Crippen LogP contribution in [0.1, 0.15) is 0 Å². The Hall–Kier alpha value is -0.730. The maximum atomic E-state index is 4.94. The van der Waals surface area contributed by atoms with Gasteiger partial charge in [-0.05, 0) is 0 Å². The zero-order valence-electron chi connectivity index (χ0n) is 4.96. The fourth-order valence-corrected chi connectivity index (χ4v) is 1.87. The average Bonchev–Trinajstić information content (AvgIpc) is 2.36. The number of nitrogens with one attached hydrogen (secondary N) is 1. The smallest absolute Gasteiger partial charge is 0.155 e. The molecule has 2 aromatic heterocycles. The predicted octanol–water partition coefficient (Wildman–Crippen LogP) is 1.72. The molecule has 1 atom stereocenters. The first kappa shape index (κ1) is 6.01. The summed E-state index contributed by atoms with van der Waals surface area (Å²) in [6.07, 6.45) is 1.61. The average molecular weight is 169 g/mol. The number of aromatic amines is 1. The molecular weight excluding hydrogens is 165 g/mol. The standard InChI is InChI=1S/C5H4N3PS/c10-5-3-4(6-1-7-5)9-2-8-3/h1-2,9H,(H,6,7,10). The fourth-order valence-electron chi connectivity index (χ4n) is 0.783. The third-order valence-corrected chi connectivity index (χ3v) is 2.46. The maximum Gasteiger partial charge on any atom is 0.155 e. The molecule has 0 saturated heterocycles. The molecule has 50 valence electrons. The van der Waals surface area contributed by atoms with Crippen LogP contribution in [0, 0.1) is 4.64 Å². The summed E-state index contributed by atoms with van der Waals surface area (Å²) in [5.74, 6) is 1.86. The molecule has 2 heterocycles. The van der Waals surface area contributed by atoms with Crippen LogP contribution in [0.5, 0.6) is 0 Å². The molecule has 0 aliphatic rings. The van der Waals surface area contributed by atoms with Crippen LogP contribution >= 0.6 is 20.4 Å². The normalized spacial score (nSPS) is 11.2. The zero-order chi connectivity index (χ0) is 6.97. The van der Waals surface area contributed by atoms with Gasteiger partial charge in [0.05, 0.1) is 11.6 Å². The molecule has 0 aromatic carbocycles. The molecule has 2 aromatic rings. The van der Waals surface area contributed by atoms with Crippen LogP contribution in [0.25, 0.3) is 10.8 Å². The summed E-state index contributed by atoms with van der Waals surface area (Å²) >= 11 is 4.94. The van der Waals surface area contributed by atoms with E-state index in [0.717, 1.165) is 10.8 Å². The van der Waals surface area contributed by atoms with Crippen LogP contribution in [-0.4, -0.2) is 15.0 Å². The third-order valence-electron chi connectivity index (χ3n) is 1.23. The lowest BCUT2D eigenvalue weighted by atomic mass is 10.6. The molecule has 0 radical (unpaired) electrons. The topological polar surface area (TPSA) is 41.6 Å². The number of hydrogen-bond donors (Lipinski definition) is 1. The van der Waals surface area contributed by atoms with Gasteiger partial charge in [-0.15, -0.1) is 0 Å². The molecule has 0 fully saturated rings. The van der Waals surface area contributed by atoms with E-state index < -0.39 is 0 Å². The number of rotatable bonds is 0. The second-order valence-corrected chi connectivity index (χ2v) is 3.27. The van der Waals surface area contributed by atoms with Crippen molar-refractivity contribution in [2.24, 2.45) is 0 Å². The largest absolute Gasteiger partial charge is 0.341 e. The summed E-state index contributed by atoms with van der Waals surface area (Å²) in [5, 5.41) is 1.10. The van der Waals surface area contributed by atoms with E-state index in [1.54, 1.807) is 6.33 Å². The van der Waals surface area contributed by atoms with Crippen molar-refractivity contribution >= 4 is 31.2 Å². The van der Waals surface area contributed by atoms with Crippen molar-refractivity contribution in [3.63, 3.8) is 0 Å². The maximum absolute atomic E-state index is 4.94. The van der Waals surface area contributed by atoms with Gasteiger partial charge in [0.1, 0.15) is 5.52 Å². The first-order valence-electron chi connectivity index (χ1n) is 2.75. The molecule has 0 saturated carbocycles. The number of nitrogens with zero attached hydrogens (tertiary/aromatic N) is 2. The molecule has 1 N–H and O–H groups in total. The van der Waals surface area contributed by atoms with E-state index in [9.17, 15) is 0 Å². The molecule has 1 unspecified atom stereocenters. The minimum atomic E-state index is 0.593. The molecule has 2 rings (SSSR count). The number of aromatic nitrogens is 3. The number of fused-ring (bicyclic) bond motifs is 1. The van der Waals surface area contributed by atoms with Crippen LogP contribution in [0.15, 0.2) is 12.3 Å². The van der Waals surface area contributed by atoms with E-state index in [1.165, 1.54) is 0 Å². The predicted molar refractivity (Wildman–Crippen MR) is 44.2 cm³/mol. The monoisotopic (exact) mass is 169 g/mol. The highest BCUT2D eigenvalue weighted by Gasteiger charge is 1.94. The second-order valence-electron chi connectivity index (χ2n) is 1.83. The molecule has 3 nitrogen and oxygen atoms in total. The van der Waals surface area contributed by atoms with Crippen molar-refractivity contribution < 1.29 is 0 Å². The quantitative estimate of drug-likeness (QED) is 0.610. The minimum Gasteiger partial charge on any atom is -0.341 e. The number of hydrogen-bond acceptors (Lipinski definition) is 3. The van der Waals surface area contributed by atoms with Crippen LogP contribution in [0.2, 0.25) is 0 Å². The highest BCUT2D eigenvalue weighted by Crippen LogP contribution is 2.17. The third kappa shape index (κ3) is 0.770. The molecular formula is C5H4N3PS. The first-order chi connectivity index (χ1) is 4.88. The van der Waals surface area contributed by atoms with Crippen molar-refractivity contribution in [1.29, 1.82) is 0 Å². The second kappa shape index (κ2) is 2.15. The number of H-pyrrole nitrogens is 1. The SMILES string of the molecule is S=c1nc[nH]c2[pH]cnc12. The highest BCUT2D eigenvalue weighted by molar-refractivity contribution is 7.71. The van der Waals surface area contributed by atoms with Crippen LogP contribution in [0.3, 0.4) is 0 Å². The van der Waals surface area contributed by atoms with E-state index in [-0.39, 0.29) is 0 Å². The molecule has 0 aliphatic heterocycles. The van der Waals surface area contributed by atoms with Gasteiger partial charge in [-0.1, -0.05) is 20.4 Å². The first-order valence-corrected chi connectivity index (χ1v) is 4.23. The van der Waals surface area contributed by atoms with Gasteiger partial charge < -0.3 is 4.98 Å². The molecule has 0 bridgehead atoms. The summed E-state index contributed by atoms with van der Waals surface area (Å²) in [6.45, 7) is 0. The Morgan fingerprint density at radius 3 is 3.20 bits per heavy atom. The van der Waals surface area contributed by atoms with Gasteiger partial charge in [0.25, 0.3) is 0 Å². The van der Waals surface area contributed by atoms with Gasteiger partial charge >= 0.3 is 0 Å². The Bertz CT molecular complexity index is 404. The summed E-state index contributed by atoms with van der Waals surface area (Å²) in [7, 11) is 0.622. The molecule has 10 heavy (non-hydrogen) atoms. The lowest BCUT2D eigenvalue weighted by molar-refractivity contribution is 1.20. The van der Waals surface area contributed by atoms with Gasteiger partial charge in [0.2, 0.25) is 0 Å². The van der Waals surface area contributed by atoms with Gasteiger partial charge in [-0.25, -0.2) is 9.97 Å². The Balaban J connectivity index is 3.09. The van der Waals surface area contributed by atoms with Gasteiger partial charge in [-0.2, -0.15) is 0 Å². The van der Waals surface area contributed by atoms with Gasteiger partial charge in [0.15, 0.2) is 4.64 Å². The van der Waals surface area contributed by atoms with Crippen molar-refractivity contribution in [2.45, 2.75) is 0 Å². The minimum absolute atomic E-state index is 0.593. The lowest BCUT2D eigenvalue weighted by Crippen LogP contribution is -1.77. The Morgan fingerprint density at radius 2 is 2.40 bits per heavy atom. The highest BCUT2D eigenvalue weighted by atomic mass is 32.1. The molecule has 0 amide bonds. The van der Waals surface area contributed by atoms with Crippen LogP contribution in [0.4, 0.5) is 0 Å². The summed E-state index contributed by atoms with van der Waals surface area (Å²) in [5.41, 5.74) is 0.843. The Kier molecular flexibility index (Phi) is 1.29. The fraction of sp³-hybridized carbons (Fsp3) is 0. The van der Waals surface area contributed by atoms with Crippen molar-refractivity contribution in [3.05, 3.63) is 16.9 Å². The molecule has 0 aliphatic carbocycles. The van der Waals surface area contributed by atoms with E-state index in [1.807, 2.05) is 5.93 Å². The summed E-state index contributed by atoms with van der Waals surface area (Å²) in [4.78, 5) is 11.0. The van der Waals surface area contributed by atoms with Crippen LogP contribution in [-0.2, 0) is 0 Å². The van der Waals surface area contributed by atoms with Crippen molar-refractivity contribution in [3.8, 4) is 0 Å². The lowest BCUT2D eigenvalue weighted by Gasteiger charge is -1.84. The van der Waals surface area contributed by atoms with E-state index >= 15 is 0 Å². The van der Waals surface area contributed by atoms with Gasteiger partial charge in [0, 0.05) is 5.93 Å². The van der Waals surface area contributed by atoms with Crippen LogP contribution < -0.4 is 0 Å².